The lowest BCUT2D eigenvalue weighted by Gasteiger charge is -2.35. The maximum absolute atomic E-state index is 12.9. The van der Waals surface area contributed by atoms with Gasteiger partial charge in [-0.15, -0.1) is 0 Å². The summed E-state index contributed by atoms with van der Waals surface area (Å²) in [6.07, 6.45) is 2.87. The highest BCUT2D eigenvalue weighted by Gasteiger charge is 2.30. The van der Waals surface area contributed by atoms with Crippen LogP contribution in [0.25, 0.3) is 0 Å². The van der Waals surface area contributed by atoms with Gasteiger partial charge in [0.05, 0.1) is 4.92 Å². The number of amides is 1. The molecule has 1 unspecified atom stereocenters. The third-order valence-corrected chi connectivity index (χ3v) is 4.71. The topological polar surface area (TPSA) is 80.5 Å². The van der Waals surface area contributed by atoms with Gasteiger partial charge in [0.25, 0.3) is 11.6 Å². The second-order valence-electron chi connectivity index (χ2n) is 6.45. The number of piperidine rings is 1. The lowest BCUT2D eigenvalue weighted by atomic mass is 9.94. The Kier molecular flexibility index (Phi) is 5.41. The lowest BCUT2D eigenvalue weighted by Crippen LogP contribution is -2.44. The zero-order valence-corrected chi connectivity index (χ0v) is 14.3. The van der Waals surface area contributed by atoms with E-state index in [1.807, 2.05) is 18.2 Å². The smallest absolute Gasteiger partial charge is 0.270 e. The van der Waals surface area contributed by atoms with Crippen molar-refractivity contribution in [3.63, 3.8) is 0 Å². The summed E-state index contributed by atoms with van der Waals surface area (Å²) in [5.74, 6) is -0.242. The normalized spacial score (nSPS) is 16.9. The summed E-state index contributed by atoms with van der Waals surface area (Å²) in [4.78, 5) is 37.6. The molecule has 1 amide bonds. The van der Waals surface area contributed by atoms with Crippen LogP contribution in [0.15, 0.2) is 54.6 Å². The molecule has 1 atom stereocenters. The van der Waals surface area contributed by atoms with Crippen LogP contribution in [0.5, 0.6) is 0 Å². The van der Waals surface area contributed by atoms with E-state index < -0.39 is 4.92 Å². The van der Waals surface area contributed by atoms with Gasteiger partial charge in [0.1, 0.15) is 0 Å². The first-order valence-corrected chi connectivity index (χ1v) is 8.70. The second kappa shape index (κ2) is 7.91. The number of Topliss-reactive ketones (excluding diaryl/α,β-unsaturated/α-hetero) is 1. The van der Waals surface area contributed by atoms with Gasteiger partial charge in [-0.05, 0) is 25.3 Å². The number of non-ortho nitro benzene ring substituents is 1. The van der Waals surface area contributed by atoms with Gasteiger partial charge in [-0.2, -0.15) is 0 Å². The molecule has 0 bridgehead atoms. The molecular formula is C20H20N2O4. The van der Waals surface area contributed by atoms with Crippen LogP contribution in [0.1, 0.15) is 46.4 Å². The number of nitro groups is 1. The molecule has 3 rings (SSSR count). The zero-order valence-electron chi connectivity index (χ0n) is 14.3. The van der Waals surface area contributed by atoms with Crippen LogP contribution in [-0.2, 0) is 0 Å². The molecule has 1 aliphatic rings. The van der Waals surface area contributed by atoms with Crippen molar-refractivity contribution in [1.29, 1.82) is 0 Å². The summed E-state index contributed by atoms with van der Waals surface area (Å²) in [5.41, 5.74) is 0.823. The van der Waals surface area contributed by atoms with Gasteiger partial charge in [0.15, 0.2) is 5.78 Å². The van der Waals surface area contributed by atoms with Crippen molar-refractivity contribution < 1.29 is 14.5 Å². The zero-order chi connectivity index (χ0) is 18.5. The molecule has 6 heteroatoms. The summed E-state index contributed by atoms with van der Waals surface area (Å²) < 4.78 is 0. The Labute approximate surface area is 151 Å². The highest BCUT2D eigenvalue weighted by molar-refractivity contribution is 5.98. The number of hydrogen-bond acceptors (Lipinski definition) is 4. The first-order valence-electron chi connectivity index (χ1n) is 8.70. The largest absolute Gasteiger partial charge is 0.335 e. The van der Waals surface area contributed by atoms with Gasteiger partial charge in [0, 0.05) is 42.3 Å². The van der Waals surface area contributed by atoms with E-state index in [9.17, 15) is 19.7 Å². The number of carbonyl (C=O) groups excluding carboxylic acids is 2. The maximum Gasteiger partial charge on any atom is 0.270 e. The average molecular weight is 352 g/mol. The van der Waals surface area contributed by atoms with Gasteiger partial charge in [-0.3, -0.25) is 19.7 Å². The first-order chi connectivity index (χ1) is 12.6. The number of benzene rings is 2. The highest BCUT2D eigenvalue weighted by Crippen LogP contribution is 2.24. The summed E-state index contributed by atoms with van der Waals surface area (Å²) in [5, 5.41) is 11.0. The Morgan fingerprint density at radius 3 is 2.50 bits per heavy atom. The fraction of sp³-hybridized carbons (Fsp3) is 0.300. The quantitative estimate of drug-likeness (QED) is 0.465. The molecule has 0 saturated carbocycles. The Balaban J connectivity index is 1.78. The van der Waals surface area contributed by atoms with Crippen molar-refractivity contribution in [2.75, 3.05) is 6.54 Å². The molecule has 0 radical (unpaired) electrons. The summed E-state index contributed by atoms with van der Waals surface area (Å²) in [6.45, 7) is 0.564. The predicted molar refractivity (Wildman–Crippen MR) is 97.2 cm³/mol. The lowest BCUT2D eigenvalue weighted by molar-refractivity contribution is -0.384. The Morgan fingerprint density at radius 2 is 1.77 bits per heavy atom. The van der Waals surface area contributed by atoms with E-state index in [1.54, 1.807) is 23.1 Å². The maximum atomic E-state index is 12.9. The molecular weight excluding hydrogens is 332 g/mol. The number of nitrogens with zero attached hydrogens (tertiary/aromatic N) is 2. The van der Waals surface area contributed by atoms with E-state index in [-0.39, 0.29) is 29.8 Å². The Bertz CT molecular complexity index is 820. The van der Waals surface area contributed by atoms with Gasteiger partial charge in [-0.25, -0.2) is 0 Å². The third kappa shape index (κ3) is 3.96. The molecule has 1 fully saturated rings. The molecule has 0 aromatic heterocycles. The van der Waals surface area contributed by atoms with Crippen LogP contribution in [0, 0.1) is 10.1 Å². The molecule has 134 valence electrons. The molecule has 1 aliphatic heterocycles. The third-order valence-electron chi connectivity index (χ3n) is 4.71. The van der Waals surface area contributed by atoms with E-state index in [0.717, 1.165) is 19.3 Å². The minimum Gasteiger partial charge on any atom is -0.335 e. The van der Waals surface area contributed by atoms with Crippen LogP contribution in [0.4, 0.5) is 5.69 Å². The predicted octanol–water partition coefficient (Wildman–Crippen LogP) is 3.86. The van der Waals surface area contributed by atoms with E-state index in [2.05, 4.69) is 0 Å². The SMILES string of the molecule is O=C(CC1CCCCN1C(=O)c1cccc([N+](=O)[O-])c1)c1ccccc1. The Morgan fingerprint density at radius 1 is 1.04 bits per heavy atom. The van der Waals surface area contributed by atoms with E-state index in [1.165, 1.54) is 18.2 Å². The molecule has 1 heterocycles. The van der Waals surface area contributed by atoms with Crippen LogP contribution < -0.4 is 0 Å². The fourth-order valence-corrected chi connectivity index (χ4v) is 3.35. The summed E-state index contributed by atoms with van der Waals surface area (Å²) >= 11 is 0. The molecule has 1 saturated heterocycles. The molecule has 2 aromatic carbocycles. The average Bonchev–Trinajstić information content (AvgIpc) is 2.68. The van der Waals surface area contributed by atoms with Gasteiger partial charge < -0.3 is 4.90 Å². The highest BCUT2D eigenvalue weighted by atomic mass is 16.6. The van der Waals surface area contributed by atoms with E-state index >= 15 is 0 Å². The summed E-state index contributed by atoms with van der Waals surface area (Å²) in [7, 11) is 0. The number of ketones is 1. The molecule has 0 aliphatic carbocycles. The van der Waals surface area contributed by atoms with Gasteiger partial charge in [0.2, 0.25) is 0 Å². The van der Waals surface area contributed by atoms with Crippen LogP contribution in [-0.4, -0.2) is 34.1 Å². The number of hydrogen-bond donors (Lipinski definition) is 0. The van der Waals surface area contributed by atoms with Crippen LogP contribution in [0.3, 0.4) is 0 Å². The minimum atomic E-state index is -0.511. The Hall–Kier alpha value is -3.02. The second-order valence-corrected chi connectivity index (χ2v) is 6.45. The van der Waals surface area contributed by atoms with Crippen LogP contribution in [0.2, 0.25) is 0 Å². The molecule has 2 aromatic rings. The fourth-order valence-electron chi connectivity index (χ4n) is 3.35. The van der Waals surface area contributed by atoms with Crippen molar-refractivity contribution >= 4 is 17.4 Å². The monoisotopic (exact) mass is 352 g/mol. The van der Waals surface area contributed by atoms with Crippen molar-refractivity contribution in [1.82, 2.24) is 4.90 Å². The van der Waals surface area contributed by atoms with Gasteiger partial charge in [-0.1, -0.05) is 36.4 Å². The number of carbonyl (C=O) groups is 2. The van der Waals surface area contributed by atoms with Crippen molar-refractivity contribution in [2.45, 2.75) is 31.7 Å². The van der Waals surface area contributed by atoms with Crippen molar-refractivity contribution in [2.24, 2.45) is 0 Å². The molecule has 0 spiro atoms. The van der Waals surface area contributed by atoms with Crippen molar-refractivity contribution in [3.8, 4) is 0 Å². The minimum absolute atomic E-state index is 0.00865. The number of rotatable bonds is 5. The van der Waals surface area contributed by atoms with Gasteiger partial charge >= 0.3 is 0 Å². The molecule has 26 heavy (non-hydrogen) atoms. The molecule has 6 nitrogen and oxygen atoms in total. The van der Waals surface area contributed by atoms with E-state index in [0.29, 0.717) is 17.7 Å². The first kappa shape index (κ1) is 17.8. The van der Waals surface area contributed by atoms with Crippen LogP contribution >= 0.6 is 0 Å². The standard InChI is InChI=1S/C20H20N2O4/c23-19(15-7-2-1-3-8-15)14-17-10-4-5-12-21(17)20(24)16-9-6-11-18(13-16)22(25)26/h1-3,6-9,11,13,17H,4-5,10,12,14H2. The molecule has 0 N–H and O–H groups in total. The van der Waals surface area contributed by atoms with E-state index in [4.69, 9.17) is 0 Å². The van der Waals surface area contributed by atoms with Crippen molar-refractivity contribution in [3.05, 3.63) is 75.8 Å². The number of likely N-dealkylation sites (tertiary alicyclic amines) is 1. The summed E-state index contributed by atoms with van der Waals surface area (Å²) in [6, 6.07) is 14.6. The number of nitro benzene ring substituents is 1.